The second-order valence-electron chi connectivity index (χ2n) is 9.34. The number of aryl methyl sites for hydroxylation is 1. The highest BCUT2D eigenvalue weighted by Gasteiger charge is 2.33. The Kier molecular flexibility index (Phi) is 7.31. The summed E-state index contributed by atoms with van der Waals surface area (Å²) in [6, 6.07) is 11.1. The molecule has 186 valence electrons. The van der Waals surface area contributed by atoms with Gasteiger partial charge in [0.15, 0.2) is 0 Å². The van der Waals surface area contributed by atoms with Gasteiger partial charge in [-0.25, -0.2) is 0 Å². The van der Waals surface area contributed by atoms with Crippen molar-refractivity contribution in [3.63, 3.8) is 0 Å². The third-order valence-electron chi connectivity index (χ3n) is 6.67. The largest absolute Gasteiger partial charge is 0.417 e. The maximum absolute atomic E-state index is 13.6. The standard InChI is InChI=1S/C27H31F3N4O/c1-4-25(35)33-16-12-19(13-17-33)26-22-11-10-20(21-8-5-6-9-23(21)27(28,29)30)18-24(22)31-34(26)15-7-14-32(2)3/h4-6,8-11,18-19H,1,7,12-17H2,2-3H3. The number of halogens is 3. The Morgan fingerprint density at radius 1 is 1.17 bits per heavy atom. The minimum Gasteiger partial charge on any atom is -0.339 e. The lowest BCUT2D eigenvalue weighted by Gasteiger charge is -2.32. The summed E-state index contributed by atoms with van der Waals surface area (Å²) in [5.74, 6) is 0.169. The molecule has 3 aromatic rings. The number of carbonyl (C=O) groups excluding carboxylic acids is 1. The van der Waals surface area contributed by atoms with Crippen molar-refractivity contribution in [1.82, 2.24) is 19.6 Å². The summed E-state index contributed by atoms with van der Waals surface area (Å²) in [5.41, 5.74) is 1.82. The number of piperidine rings is 1. The predicted molar refractivity (Wildman–Crippen MR) is 132 cm³/mol. The van der Waals surface area contributed by atoms with Crippen LogP contribution in [0.3, 0.4) is 0 Å². The van der Waals surface area contributed by atoms with Crippen LogP contribution >= 0.6 is 0 Å². The summed E-state index contributed by atoms with van der Waals surface area (Å²) < 4.78 is 42.9. The lowest BCUT2D eigenvalue weighted by Crippen LogP contribution is -2.37. The quantitative estimate of drug-likeness (QED) is 0.412. The molecule has 1 aliphatic rings. The van der Waals surface area contributed by atoms with E-state index in [0.717, 1.165) is 49.5 Å². The number of likely N-dealkylation sites (tertiary alicyclic amines) is 1. The Labute approximate surface area is 203 Å². The molecule has 5 nitrogen and oxygen atoms in total. The van der Waals surface area contributed by atoms with E-state index in [4.69, 9.17) is 5.10 Å². The van der Waals surface area contributed by atoms with Gasteiger partial charge in [0.1, 0.15) is 0 Å². The fraction of sp³-hybridized carbons (Fsp3) is 0.407. The van der Waals surface area contributed by atoms with Crippen molar-refractivity contribution in [3.8, 4) is 11.1 Å². The summed E-state index contributed by atoms with van der Waals surface area (Å²) in [7, 11) is 4.05. The predicted octanol–water partition coefficient (Wildman–Crippen LogP) is 5.57. The van der Waals surface area contributed by atoms with Crippen molar-refractivity contribution in [1.29, 1.82) is 0 Å². The van der Waals surface area contributed by atoms with Gasteiger partial charge in [0.2, 0.25) is 5.91 Å². The van der Waals surface area contributed by atoms with E-state index in [-0.39, 0.29) is 17.4 Å². The van der Waals surface area contributed by atoms with Gasteiger partial charge in [-0.1, -0.05) is 36.9 Å². The number of nitrogens with zero attached hydrogens (tertiary/aromatic N) is 4. The molecule has 1 aromatic heterocycles. The molecule has 0 aliphatic carbocycles. The van der Waals surface area contributed by atoms with Crippen LogP contribution in [0.2, 0.25) is 0 Å². The van der Waals surface area contributed by atoms with Crippen LogP contribution in [0.1, 0.15) is 36.4 Å². The lowest BCUT2D eigenvalue weighted by molar-refractivity contribution is -0.137. The van der Waals surface area contributed by atoms with Crippen LogP contribution in [-0.2, 0) is 17.5 Å². The summed E-state index contributed by atoms with van der Waals surface area (Å²) in [4.78, 5) is 15.9. The molecule has 8 heteroatoms. The highest BCUT2D eigenvalue weighted by molar-refractivity contribution is 5.88. The first kappa shape index (κ1) is 25.0. The van der Waals surface area contributed by atoms with E-state index in [1.165, 1.54) is 18.2 Å². The Morgan fingerprint density at radius 2 is 1.89 bits per heavy atom. The number of benzene rings is 2. The van der Waals surface area contributed by atoms with Crippen LogP contribution in [0.25, 0.3) is 22.0 Å². The lowest BCUT2D eigenvalue weighted by atomic mass is 9.90. The number of alkyl halides is 3. The van der Waals surface area contributed by atoms with Gasteiger partial charge in [-0.05, 0) is 69.2 Å². The van der Waals surface area contributed by atoms with Gasteiger partial charge in [0.05, 0.1) is 11.1 Å². The average Bonchev–Trinajstić information content (AvgIpc) is 3.20. The van der Waals surface area contributed by atoms with Crippen molar-refractivity contribution >= 4 is 16.8 Å². The second kappa shape index (κ2) is 10.2. The number of hydrogen-bond acceptors (Lipinski definition) is 3. The molecule has 0 N–H and O–H groups in total. The van der Waals surface area contributed by atoms with Gasteiger partial charge in [-0.2, -0.15) is 18.3 Å². The number of amides is 1. The smallest absolute Gasteiger partial charge is 0.339 e. The molecular weight excluding hydrogens is 453 g/mol. The first-order chi connectivity index (χ1) is 16.7. The van der Waals surface area contributed by atoms with E-state index < -0.39 is 11.7 Å². The number of fused-ring (bicyclic) bond motifs is 1. The molecule has 1 fully saturated rings. The molecule has 2 heterocycles. The molecule has 0 atom stereocenters. The summed E-state index contributed by atoms with van der Waals surface area (Å²) in [6.07, 6.45) is -0.550. The van der Waals surface area contributed by atoms with Crippen LogP contribution in [0.4, 0.5) is 13.2 Å². The van der Waals surface area contributed by atoms with Crippen molar-refractivity contribution in [2.45, 2.75) is 37.9 Å². The van der Waals surface area contributed by atoms with Crippen LogP contribution in [0.5, 0.6) is 0 Å². The zero-order chi connectivity index (χ0) is 25.2. The van der Waals surface area contributed by atoms with Gasteiger partial charge >= 0.3 is 6.18 Å². The number of hydrogen-bond donors (Lipinski definition) is 0. The van der Waals surface area contributed by atoms with E-state index in [1.807, 2.05) is 29.7 Å². The number of rotatable bonds is 7. The SMILES string of the molecule is C=CC(=O)N1CCC(c2c3ccc(-c4ccccc4C(F)(F)F)cc3nn2CCCN(C)C)CC1. The van der Waals surface area contributed by atoms with E-state index in [9.17, 15) is 18.0 Å². The maximum atomic E-state index is 13.6. The Bertz CT molecular complexity index is 1210. The second-order valence-corrected chi connectivity index (χ2v) is 9.34. The molecule has 0 bridgehead atoms. The molecule has 4 rings (SSSR count). The van der Waals surface area contributed by atoms with Gasteiger partial charge in [0, 0.05) is 36.6 Å². The molecule has 2 aromatic carbocycles. The summed E-state index contributed by atoms with van der Waals surface area (Å²) in [6.45, 7) is 6.52. The molecule has 1 saturated heterocycles. The monoisotopic (exact) mass is 484 g/mol. The minimum atomic E-state index is -4.43. The molecule has 0 unspecified atom stereocenters. The van der Waals surface area contributed by atoms with Crippen LogP contribution in [0, 0.1) is 0 Å². The molecular formula is C27H31F3N4O. The Balaban J connectivity index is 1.72. The van der Waals surface area contributed by atoms with Crippen LogP contribution < -0.4 is 0 Å². The summed E-state index contributed by atoms with van der Waals surface area (Å²) in [5, 5.41) is 5.82. The maximum Gasteiger partial charge on any atom is 0.417 e. The number of carbonyl (C=O) groups is 1. The van der Waals surface area contributed by atoms with Gasteiger partial charge in [-0.15, -0.1) is 0 Å². The van der Waals surface area contributed by atoms with Gasteiger partial charge in [-0.3, -0.25) is 9.48 Å². The normalized spacial score (nSPS) is 15.2. The van der Waals surface area contributed by atoms with E-state index in [1.54, 1.807) is 18.2 Å². The molecule has 35 heavy (non-hydrogen) atoms. The third kappa shape index (κ3) is 5.42. The average molecular weight is 485 g/mol. The fourth-order valence-electron chi connectivity index (χ4n) is 4.94. The van der Waals surface area contributed by atoms with E-state index in [0.29, 0.717) is 24.2 Å². The first-order valence-corrected chi connectivity index (χ1v) is 11.9. The van der Waals surface area contributed by atoms with Crippen molar-refractivity contribution in [2.75, 3.05) is 33.7 Å². The van der Waals surface area contributed by atoms with Crippen LogP contribution in [-0.4, -0.2) is 59.2 Å². The van der Waals surface area contributed by atoms with Gasteiger partial charge in [0.25, 0.3) is 0 Å². The number of aromatic nitrogens is 2. The zero-order valence-electron chi connectivity index (χ0n) is 20.2. The topological polar surface area (TPSA) is 41.4 Å². The van der Waals surface area contributed by atoms with Crippen molar-refractivity contribution in [2.24, 2.45) is 0 Å². The molecule has 0 saturated carbocycles. The van der Waals surface area contributed by atoms with Crippen molar-refractivity contribution < 1.29 is 18.0 Å². The minimum absolute atomic E-state index is 0.0548. The molecule has 0 spiro atoms. The summed E-state index contributed by atoms with van der Waals surface area (Å²) >= 11 is 0. The Hall–Kier alpha value is -3.13. The highest BCUT2D eigenvalue weighted by atomic mass is 19.4. The highest BCUT2D eigenvalue weighted by Crippen LogP contribution is 2.39. The van der Waals surface area contributed by atoms with E-state index >= 15 is 0 Å². The fourth-order valence-corrected chi connectivity index (χ4v) is 4.94. The van der Waals surface area contributed by atoms with Crippen LogP contribution in [0.15, 0.2) is 55.1 Å². The molecule has 0 radical (unpaired) electrons. The Morgan fingerprint density at radius 3 is 2.54 bits per heavy atom. The third-order valence-corrected chi connectivity index (χ3v) is 6.67. The van der Waals surface area contributed by atoms with E-state index in [2.05, 4.69) is 11.5 Å². The van der Waals surface area contributed by atoms with Crippen molar-refractivity contribution in [3.05, 3.63) is 66.4 Å². The van der Waals surface area contributed by atoms with Gasteiger partial charge < -0.3 is 9.80 Å². The molecule has 1 aliphatic heterocycles. The first-order valence-electron chi connectivity index (χ1n) is 11.9. The zero-order valence-corrected chi connectivity index (χ0v) is 20.2. The molecule has 1 amide bonds.